The third kappa shape index (κ3) is 4.37. The molecule has 90 valence electrons. The fourth-order valence-electron chi connectivity index (χ4n) is 1.64. The number of thiophene rings is 2. The van der Waals surface area contributed by atoms with Crippen LogP contribution >= 0.6 is 38.6 Å². The molecular weight excluding hydrogens is 316 g/mol. The fraction of sp³-hybridized carbons (Fsp3) is 0.308. The quantitative estimate of drug-likeness (QED) is 0.750. The molecule has 0 aliphatic heterocycles. The molecule has 0 unspecified atom stereocenters. The number of aryl methyl sites for hydroxylation is 1. The summed E-state index contributed by atoms with van der Waals surface area (Å²) in [6.45, 7) is 0. The summed E-state index contributed by atoms with van der Waals surface area (Å²) in [5, 5.41) is 2.08. The van der Waals surface area contributed by atoms with E-state index in [9.17, 15) is 4.79 Å². The van der Waals surface area contributed by atoms with Gasteiger partial charge in [0, 0.05) is 22.6 Å². The highest BCUT2D eigenvalue weighted by atomic mass is 79.9. The van der Waals surface area contributed by atoms with Crippen molar-refractivity contribution in [1.82, 2.24) is 0 Å². The molecule has 0 saturated carbocycles. The Labute approximate surface area is 118 Å². The van der Waals surface area contributed by atoms with Gasteiger partial charge in [0.15, 0.2) is 0 Å². The number of rotatable bonds is 6. The van der Waals surface area contributed by atoms with E-state index in [4.69, 9.17) is 0 Å². The summed E-state index contributed by atoms with van der Waals surface area (Å²) in [7, 11) is 0. The molecule has 2 rings (SSSR count). The van der Waals surface area contributed by atoms with Crippen LogP contribution < -0.4 is 0 Å². The van der Waals surface area contributed by atoms with Gasteiger partial charge >= 0.3 is 0 Å². The smallest absolute Gasteiger partial charge is 0.138 e. The number of carbonyl (C=O) groups excluding carboxylic acids is 1. The number of Topliss-reactive ketones (excluding diaryl/α,β-unsaturated/α-hetero) is 1. The first-order valence-corrected chi connectivity index (χ1v) is 8.01. The molecule has 0 bridgehead atoms. The molecule has 0 saturated heterocycles. The summed E-state index contributed by atoms with van der Waals surface area (Å²) in [5.41, 5.74) is 0. The molecule has 0 aliphatic carbocycles. The van der Waals surface area contributed by atoms with Crippen LogP contribution in [0.4, 0.5) is 0 Å². The molecule has 0 atom stereocenters. The number of carbonyl (C=O) groups is 1. The lowest BCUT2D eigenvalue weighted by Crippen LogP contribution is -2.01. The molecule has 2 heterocycles. The van der Waals surface area contributed by atoms with Crippen molar-refractivity contribution in [2.75, 3.05) is 0 Å². The second-order valence-electron chi connectivity index (χ2n) is 3.85. The molecule has 4 heteroatoms. The Morgan fingerprint density at radius 1 is 1.24 bits per heavy atom. The Hall–Kier alpha value is -0.450. The maximum atomic E-state index is 11.7. The van der Waals surface area contributed by atoms with Crippen molar-refractivity contribution in [3.8, 4) is 0 Å². The van der Waals surface area contributed by atoms with Gasteiger partial charge in [0.05, 0.1) is 3.79 Å². The van der Waals surface area contributed by atoms with Gasteiger partial charge in [0.25, 0.3) is 0 Å². The zero-order valence-corrected chi connectivity index (χ0v) is 12.5. The summed E-state index contributed by atoms with van der Waals surface area (Å²) in [4.78, 5) is 14.3. The molecule has 1 nitrogen and oxygen atoms in total. The monoisotopic (exact) mass is 328 g/mol. The predicted molar refractivity (Wildman–Crippen MR) is 78.0 cm³/mol. The number of ketones is 1. The third-order valence-corrected chi connectivity index (χ3v) is 5.02. The third-order valence-electron chi connectivity index (χ3n) is 2.46. The van der Waals surface area contributed by atoms with Gasteiger partial charge in [0.1, 0.15) is 5.78 Å². The normalized spacial score (nSPS) is 10.6. The maximum Gasteiger partial charge on any atom is 0.138 e. The first-order valence-electron chi connectivity index (χ1n) is 5.52. The summed E-state index contributed by atoms with van der Waals surface area (Å²) < 4.78 is 1.10. The molecule has 0 spiro atoms. The van der Waals surface area contributed by atoms with Crippen LogP contribution in [-0.2, 0) is 17.6 Å². The number of halogens is 1. The molecule has 0 amide bonds. The second-order valence-corrected chi connectivity index (χ2v) is 7.43. The minimum atomic E-state index is 0.343. The van der Waals surface area contributed by atoms with Crippen molar-refractivity contribution in [2.24, 2.45) is 0 Å². The lowest BCUT2D eigenvalue weighted by atomic mass is 10.1. The van der Waals surface area contributed by atoms with Crippen molar-refractivity contribution < 1.29 is 4.79 Å². The Balaban J connectivity index is 1.71. The van der Waals surface area contributed by atoms with E-state index in [-0.39, 0.29) is 0 Å². The van der Waals surface area contributed by atoms with Crippen molar-refractivity contribution in [1.29, 1.82) is 0 Å². The van der Waals surface area contributed by atoms with Crippen LogP contribution in [0.15, 0.2) is 33.4 Å². The van der Waals surface area contributed by atoms with E-state index in [1.807, 2.05) is 12.1 Å². The SMILES string of the molecule is O=C(CCCc1cccs1)Cc1ccc(Br)s1. The molecule has 0 aliphatic rings. The van der Waals surface area contributed by atoms with Gasteiger partial charge in [0.2, 0.25) is 0 Å². The van der Waals surface area contributed by atoms with Gasteiger partial charge in [-0.2, -0.15) is 0 Å². The van der Waals surface area contributed by atoms with Crippen LogP contribution in [0.3, 0.4) is 0 Å². The molecule has 2 aromatic heterocycles. The molecule has 0 fully saturated rings. The highest BCUT2D eigenvalue weighted by Gasteiger charge is 2.06. The Morgan fingerprint density at radius 3 is 2.76 bits per heavy atom. The van der Waals surface area contributed by atoms with Crippen LogP contribution in [0.25, 0.3) is 0 Å². The summed E-state index contributed by atoms with van der Waals surface area (Å²) >= 11 is 6.82. The average Bonchev–Trinajstić information content (AvgIpc) is 2.90. The zero-order chi connectivity index (χ0) is 12.1. The second kappa shape index (κ2) is 6.47. The van der Waals surface area contributed by atoms with Crippen LogP contribution in [0.1, 0.15) is 22.6 Å². The molecule has 0 aromatic carbocycles. The lowest BCUT2D eigenvalue weighted by molar-refractivity contribution is -0.118. The summed E-state index contributed by atoms with van der Waals surface area (Å²) in [6.07, 6.45) is 3.26. The molecule has 0 radical (unpaired) electrons. The van der Waals surface area contributed by atoms with E-state index in [0.29, 0.717) is 18.6 Å². The number of hydrogen-bond acceptors (Lipinski definition) is 3. The van der Waals surface area contributed by atoms with Crippen molar-refractivity contribution >= 4 is 44.4 Å². The maximum absolute atomic E-state index is 11.7. The van der Waals surface area contributed by atoms with Crippen molar-refractivity contribution in [3.63, 3.8) is 0 Å². The standard InChI is InChI=1S/C13H13BrOS2/c14-13-7-6-12(17-13)9-10(15)3-1-4-11-5-2-8-16-11/h2,5-8H,1,3-4,9H2. The fourth-order valence-corrected chi connectivity index (χ4v) is 3.91. The van der Waals surface area contributed by atoms with Crippen LogP contribution in [0.2, 0.25) is 0 Å². The van der Waals surface area contributed by atoms with E-state index >= 15 is 0 Å². The number of hydrogen-bond donors (Lipinski definition) is 0. The predicted octanol–water partition coefficient (Wildman–Crippen LogP) is 4.71. The van der Waals surface area contributed by atoms with Crippen LogP contribution in [-0.4, -0.2) is 5.78 Å². The Kier molecular flexibility index (Phi) is 4.95. The topological polar surface area (TPSA) is 17.1 Å². The minimum absolute atomic E-state index is 0.343. The first kappa shape index (κ1) is 13.0. The van der Waals surface area contributed by atoms with Crippen LogP contribution in [0.5, 0.6) is 0 Å². The molecule has 2 aromatic rings. The van der Waals surface area contributed by atoms with Gasteiger partial charge in [-0.05, 0) is 52.4 Å². The van der Waals surface area contributed by atoms with Gasteiger partial charge in [-0.3, -0.25) is 4.79 Å². The first-order chi connectivity index (χ1) is 8.24. The minimum Gasteiger partial charge on any atom is -0.299 e. The highest BCUT2D eigenvalue weighted by Crippen LogP contribution is 2.23. The van der Waals surface area contributed by atoms with E-state index < -0.39 is 0 Å². The van der Waals surface area contributed by atoms with E-state index in [0.717, 1.165) is 21.5 Å². The van der Waals surface area contributed by atoms with Gasteiger partial charge < -0.3 is 0 Å². The van der Waals surface area contributed by atoms with E-state index in [1.54, 1.807) is 22.7 Å². The van der Waals surface area contributed by atoms with Crippen LogP contribution in [0, 0.1) is 0 Å². The molecule has 17 heavy (non-hydrogen) atoms. The van der Waals surface area contributed by atoms with Gasteiger partial charge in [-0.25, -0.2) is 0 Å². The Morgan fingerprint density at radius 2 is 2.12 bits per heavy atom. The highest BCUT2D eigenvalue weighted by molar-refractivity contribution is 9.11. The van der Waals surface area contributed by atoms with E-state index in [2.05, 4.69) is 33.4 Å². The molecule has 0 N–H and O–H groups in total. The van der Waals surface area contributed by atoms with Crippen molar-refractivity contribution in [3.05, 3.63) is 43.2 Å². The van der Waals surface area contributed by atoms with Crippen molar-refractivity contribution in [2.45, 2.75) is 25.7 Å². The van der Waals surface area contributed by atoms with E-state index in [1.165, 1.54) is 4.88 Å². The summed E-state index contributed by atoms with van der Waals surface area (Å²) in [6, 6.07) is 8.21. The molecular formula is C13H13BrOS2. The Bertz CT molecular complexity index is 473. The zero-order valence-electron chi connectivity index (χ0n) is 9.32. The summed E-state index contributed by atoms with van der Waals surface area (Å²) in [5.74, 6) is 0.343. The average molecular weight is 329 g/mol. The lowest BCUT2D eigenvalue weighted by Gasteiger charge is -1.98. The largest absolute Gasteiger partial charge is 0.299 e. The van der Waals surface area contributed by atoms with Gasteiger partial charge in [-0.1, -0.05) is 6.07 Å². The van der Waals surface area contributed by atoms with Gasteiger partial charge in [-0.15, -0.1) is 22.7 Å².